The van der Waals surface area contributed by atoms with Gasteiger partial charge in [-0.25, -0.2) is 0 Å². The third-order valence-electron chi connectivity index (χ3n) is 3.38. The van der Waals surface area contributed by atoms with Crippen LogP contribution in [-0.2, 0) is 11.3 Å². The van der Waals surface area contributed by atoms with Gasteiger partial charge in [0.05, 0.1) is 10.7 Å². The summed E-state index contributed by atoms with van der Waals surface area (Å²) in [4.78, 5) is 0. The molecule has 0 saturated carbocycles. The molecule has 0 amide bonds. The molecule has 1 saturated heterocycles. The van der Waals surface area contributed by atoms with E-state index >= 15 is 0 Å². The summed E-state index contributed by atoms with van der Waals surface area (Å²) in [7, 11) is 0. The average Bonchev–Trinajstić information content (AvgIpc) is 2.32. The zero-order valence-corrected chi connectivity index (χ0v) is 10.9. The molecule has 1 heterocycles. The van der Waals surface area contributed by atoms with Crippen LogP contribution in [0, 0.1) is 0 Å². The maximum absolute atomic E-state index is 6.00. The van der Waals surface area contributed by atoms with Crippen LogP contribution in [0.4, 0.5) is 5.69 Å². The van der Waals surface area contributed by atoms with Crippen LogP contribution in [0.15, 0.2) is 18.2 Å². The van der Waals surface area contributed by atoms with Gasteiger partial charge in [0.1, 0.15) is 0 Å². The Balaban J connectivity index is 1.94. The van der Waals surface area contributed by atoms with Gasteiger partial charge in [-0.3, -0.25) is 0 Å². The smallest absolute Gasteiger partial charge is 0.0638 e. The van der Waals surface area contributed by atoms with Gasteiger partial charge >= 0.3 is 0 Å². The summed E-state index contributed by atoms with van der Waals surface area (Å²) in [6.07, 6.45) is 2.10. The van der Waals surface area contributed by atoms with Gasteiger partial charge in [0, 0.05) is 25.3 Å². The van der Waals surface area contributed by atoms with E-state index in [1.54, 1.807) is 0 Å². The second kappa shape index (κ2) is 5.25. The van der Waals surface area contributed by atoms with E-state index in [0.29, 0.717) is 10.7 Å². The highest BCUT2D eigenvalue weighted by atomic mass is 35.5. The van der Waals surface area contributed by atoms with E-state index in [4.69, 9.17) is 22.1 Å². The Morgan fingerprint density at radius 3 is 2.76 bits per heavy atom. The number of hydrogen-bond donors (Lipinski definition) is 2. The number of benzene rings is 1. The standard InChI is InChI=1S/C13H19ClN2O/c1-13(4-6-17-7-5-13)16-9-10-2-3-12(15)11(14)8-10/h2-3,8,16H,4-7,9,15H2,1H3. The average molecular weight is 255 g/mol. The van der Waals surface area contributed by atoms with Crippen molar-refractivity contribution in [3.05, 3.63) is 28.8 Å². The Kier molecular flexibility index (Phi) is 3.92. The molecule has 0 bridgehead atoms. The van der Waals surface area contributed by atoms with Crippen LogP contribution in [0.2, 0.25) is 5.02 Å². The van der Waals surface area contributed by atoms with Crippen molar-refractivity contribution < 1.29 is 4.74 Å². The zero-order chi connectivity index (χ0) is 12.3. The lowest BCUT2D eigenvalue weighted by Crippen LogP contribution is -2.46. The first-order valence-corrected chi connectivity index (χ1v) is 6.34. The molecule has 3 nitrogen and oxygen atoms in total. The number of halogens is 1. The maximum Gasteiger partial charge on any atom is 0.0638 e. The monoisotopic (exact) mass is 254 g/mol. The number of nitrogens with two attached hydrogens (primary N) is 1. The van der Waals surface area contributed by atoms with Gasteiger partial charge in [-0.1, -0.05) is 17.7 Å². The van der Waals surface area contributed by atoms with E-state index in [1.165, 1.54) is 0 Å². The molecule has 1 aromatic rings. The van der Waals surface area contributed by atoms with Gasteiger partial charge in [0.25, 0.3) is 0 Å². The maximum atomic E-state index is 6.00. The molecule has 3 N–H and O–H groups in total. The molecule has 17 heavy (non-hydrogen) atoms. The lowest BCUT2D eigenvalue weighted by Gasteiger charge is -2.34. The van der Waals surface area contributed by atoms with Crippen molar-refractivity contribution in [3.8, 4) is 0 Å². The minimum absolute atomic E-state index is 0.173. The first-order valence-electron chi connectivity index (χ1n) is 5.96. The minimum Gasteiger partial charge on any atom is -0.398 e. The van der Waals surface area contributed by atoms with Crippen LogP contribution in [0.1, 0.15) is 25.3 Å². The minimum atomic E-state index is 0.173. The highest BCUT2D eigenvalue weighted by Crippen LogP contribution is 2.22. The van der Waals surface area contributed by atoms with Crippen LogP contribution in [0.3, 0.4) is 0 Å². The van der Waals surface area contributed by atoms with Crippen LogP contribution in [0.5, 0.6) is 0 Å². The molecule has 1 fully saturated rings. The van der Waals surface area contributed by atoms with Gasteiger partial charge in [0.2, 0.25) is 0 Å². The van der Waals surface area contributed by atoms with E-state index < -0.39 is 0 Å². The Hall–Kier alpha value is -0.770. The topological polar surface area (TPSA) is 47.3 Å². The number of nitrogen functional groups attached to an aromatic ring is 1. The number of anilines is 1. The first-order chi connectivity index (χ1) is 8.09. The van der Waals surface area contributed by atoms with E-state index in [2.05, 4.69) is 12.2 Å². The molecule has 0 spiro atoms. The van der Waals surface area contributed by atoms with Crippen LogP contribution in [-0.4, -0.2) is 18.8 Å². The molecule has 0 unspecified atom stereocenters. The molecular formula is C13H19ClN2O. The number of rotatable bonds is 3. The first kappa shape index (κ1) is 12.7. The van der Waals surface area contributed by atoms with Crippen molar-refractivity contribution >= 4 is 17.3 Å². The molecular weight excluding hydrogens is 236 g/mol. The fourth-order valence-corrected chi connectivity index (χ4v) is 2.20. The Morgan fingerprint density at radius 1 is 1.41 bits per heavy atom. The van der Waals surface area contributed by atoms with Crippen molar-refractivity contribution in [3.63, 3.8) is 0 Å². The third-order valence-corrected chi connectivity index (χ3v) is 3.71. The van der Waals surface area contributed by atoms with Crippen molar-refractivity contribution in [2.45, 2.75) is 31.8 Å². The Labute approximate surface area is 107 Å². The molecule has 0 aromatic heterocycles. The predicted octanol–water partition coefficient (Wildman–Crippen LogP) is 2.58. The summed E-state index contributed by atoms with van der Waals surface area (Å²) in [6.45, 7) is 4.74. The second-order valence-electron chi connectivity index (χ2n) is 4.88. The quantitative estimate of drug-likeness (QED) is 0.815. The fourth-order valence-electron chi connectivity index (χ4n) is 1.99. The van der Waals surface area contributed by atoms with Crippen molar-refractivity contribution in [2.75, 3.05) is 18.9 Å². The number of hydrogen-bond acceptors (Lipinski definition) is 3. The van der Waals surface area contributed by atoms with Crippen LogP contribution < -0.4 is 11.1 Å². The van der Waals surface area contributed by atoms with Crippen LogP contribution in [0.25, 0.3) is 0 Å². The molecule has 1 aliphatic rings. The molecule has 94 valence electrons. The molecule has 1 aliphatic heterocycles. The van der Waals surface area contributed by atoms with E-state index in [-0.39, 0.29) is 5.54 Å². The highest BCUT2D eigenvalue weighted by Gasteiger charge is 2.26. The number of nitrogens with one attached hydrogen (secondary N) is 1. The molecule has 0 aliphatic carbocycles. The van der Waals surface area contributed by atoms with E-state index in [9.17, 15) is 0 Å². The van der Waals surface area contributed by atoms with Gasteiger partial charge in [0.15, 0.2) is 0 Å². The largest absolute Gasteiger partial charge is 0.398 e. The summed E-state index contributed by atoms with van der Waals surface area (Å²) in [6, 6.07) is 5.79. The van der Waals surface area contributed by atoms with E-state index in [0.717, 1.165) is 38.2 Å². The third kappa shape index (κ3) is 3.35. The SMILES string of the molecule is CC1(NCc2ccc(N)c(Cl)c2)CCOCC1. The zero-order valence-electron chi connectivity index (χ0n) is 10.1. The predicted molar refractivity (Wildman–Crippen MR) is 71.2 cm³/mol. The summed E-state index contributed by atoms with van der Waals surface area (Å²) in [5.41, 5.74) is 7.65. The lowest BCUT2D eigenvalue weighted by molar-refractivity contribution is 0.0446. The molecule has 4 heteroatoms. The molecule has 2 rings (SSSR count). The van der Waals surface area contributed by atoms with Crippen molar-refractivity contribution in [1.82, 2.24) is 5.32 Å². The summed E-state index contributed by atoms with van der Waals surface area (Å²) >= 11 is 6.00. The number of ether oxygens (including phenoxy) is 1. The van der Waals surface area contributed by atoms with Crippen molar-refractivity contribution in [1.29, 1.82) is 0 Å². The summed E-state index contributed by atoms with van der Waals surface area (Å²) in [5, 5.41) is 4.21. The van der Waals surface area contributed by atoms with Gasteiger partial charge in [-0.05, 0) is 37.5 Å². The van der Waals surface area contributed by atoms with Gasteiger partial charge < -0.3 is 15.8 Å². The van der Waals surface area contributed by atoms with Gasteiger partial charge in [-0.15, -0.1) is 0 Å². The normalized spacial score (nSPS) is 19.2. The Bertz CT molecular complexity index is 389. The van der Waals surface area contributed by atoms with E-state index in [1.807, 2.05) is 18.2 Å². The van der Waals surface area contributed by atoms with Crippen LogP contribution >= 0.6 is 11.6 Å². The second-order valence-corrected chi connectivity index (χ2v) is 5.29. The lowest BCUT2D eigenvalue weighted by atomic mass is 9.92. The fraction of sp³-hybridized carbons (Fsp3) is 0.538. The summed E-state index contributed by atoms with van der Waals surface area (Å²) < 4.78 is 5.37. The molecule has 0 radical (unpaired) electrons. The Morgan fingerprint density at radius 2 is 2.12 bits per heavy atom. The van der Waals surface area contributed by atoms with Gasteiger partial charge in [-0.2, -0.15) is 0 Å². The molecule has 1 aromatic carbocycles. The highest BCUT2D eigenvalue weighted by molar-refractivity contribution is 6.33. The van der Waals surface area contributed by atoms with Crippen molar-refractivity contribution in [2.24, 2.45) is 0 Å². The molecule has 0 atom stereocenters. The summed E-state index contributed by atoms with van der Waals surface area (Å²) in [5.74, 6) is 0.